The van der Waals surface area contributed by atoms with Crippen molar-refractivity contribution in [3.05, 3.63) is 83.2 Å². The Kier molecular flexibility index (Phi) is 7.08. The summed E-state index contributed by atoms with van der Waals surface area (Å²) in [5.74, 6) is 0.163. The van der Waals surface area contributed by atoms with E-state index in [0.717, 1.165) is 28.0 Å². The Balaban J connectivity index is 1.33. The van der Waals surface area contributed by atoms with Crippen LogP contribution >= 0.6 is 0 Å². The predicted octanol–water partition coefficient (Wildman–Crippen LogP) is 5.93. The zero-order valence-electron chi connectivity index (χ0n) is 21.7. The quantitative estimate of drug-likeness (QED) is 0.378. The van der Waals surface area contributed by atoms with Crippen molar-refractivity contribution < 1.29 is 28.6 Å². The smallest absolute Gasteiger partial charge is 0.335 e. The molecular weight excluding hydrogens is 487 g/mol. The molecule has 0 saturated carbocycles. The third kappa shape index (κ3) is 4.96. The number of ether oxygens (including phenoxy) is 2. The van der Waals surface area contributed by atoms with Crippen molar-refractivity contribution >= 4 is 11.7 Å². The van der Waals surface area contributed by atoms with E-state index < -0.39 is 5.97 Å². The van der Waals surface area contributed by atoms with Gasteiger partial charge in [-0.1, -0.05) is 29.4 Å². The summed E-state index contributed by atoms with van der Waals surface area (Å²) in [4.78, 5) is 19.4. The first kappa shape index (κ1) is 25.7. The van der Waals surface area contributed by atoms with Gasteiger partial charge in [-0.05, 0) is 73.9 Å². The van der Waals surface area contributed by atoms with E-state index in [4.69, 9.17) is 19.4 Å². The summed E-state index contributed by atoms with van der Waals surface area (Å²) >= 11 is 0. The number of carbonyl (C=O) groups is 1. The number of aromatic carboxylic acids is 1. The van der Waals surface area contributed by atoms with E-state index in [0.29, 0.717) is 44.2 Å². The average Bonchev–Trinajstić information content (AvgIpc) is 3.35. The van der Waals surface area contributed by atoms with E-state index in [9.17, 15) is 9.18 Å². The number of rotatable bonds is 9. The summed E-state index contributed by atoms with van der Waals surface area (Å²) in [5.41, 5.74) is 4.27. The molecule has 198 valence electrons. The van der Waals surface area contributed by atoms with E-state index in [-0.39, 0.29) is 23.0 Å². The normalized spacial score (nSPS) is 16.9. The Morgan fingerprint density at radius 1 is 1.03 bits per heavy atom. The maximum absolute atomic E-state index is 13.6. The minimum absolute atomic E-state index is 0.0730. The van der Waals surface area contributed by atoms with Crippen LogP contribution in [0.15, 0.2) is 65.8 Å². The summed E-state index contributed by atoms with van der Waals surface area (Å²) < 4.78 is 25.7. The molecule has 2 aliphatic heterocycles. The third-order valence-corrected chi connectivity index (χ3v) is 7.14. The van der Waals surface area contributed by atoms with Gasteiger partial charge < -0.3 is 19.4 Å². The molecule has 3 aromatic rings. The molecule has 1 N–H and O–H groups in total. The second kappa shape index (κ2) is 10.5. The predicted molar refractivity (Wildman–Crippen MR) is 143 cm³/mol. The molecule has 8 heteroatoms. The highest BCUT2D eigenvalue weighted by Gasteiger charge is 2.51. The highest BCUT2D eigenvalue weighted by molar-refractivity contribution is 6.02. The van der Waals surface area contributed by atoms with Crippen LogP contribution in [0.5, 0.6) is 11.5 Å². The molecule has 2 aliphatic rings. The molecule has 1 fully saturated rings. The van der Waals surface area contributed by atoms with Gasteiger partial charge in [-0.3, -0.25) is 4.90 Å². The van der Waals surface area contributed by atoms with Gasteiger partial charge in [0.25, 0.3) is 0 Å². The molecule has 3 aromatic carbocycles. The molecular formula is C30H31FN2O5. The number of likely N-dealkylation sites (tertiary alicyclic amines) is 1. The number of oxime groups is 1. The summed E-state index contributed by atoms with van der Waals surface area (Å²) in [6.45, 7) is 8.43. The standard InChI is InChI=1S/C30H31FN2O5/c1-4-36-26-14-23(15-27(37-5-2)28(26)21-10-12-24(31)13-11-21)19(3)33-17-30(18-33)16-25(32-38-30)20-6-8-22(9-7-20)29(34)35/h6-15,19H,4-5,16-18H2,1-3H3,(H,34,35). The van der Waals surface area contributed by atoms with Crippen molar-refractivity contribution in [2.75, 3.05) is 26.3 Å². The summed E-state index contributed by atoms with van der Waals surface area (Å²) in [6.07, 6.45) is 0.667. The molecule has 0 amide bonds. The van der Waals surface area contributed by atoms with E-state index in [1.165, 1.54) is 12.1 Å². The van der Waals surface area contributed by atoms with Crippen LogP contribution in [0, 0.1) is 5.82 Å². The molecule has 1 saturated heterocycles. The number of benzene rings is 3. The summed E-state index contributed by atoms with van der Waals surface area (Å²) in [6, 6.07) is 17.2. The molecule has 7 nitrogen and oxygen atoms in total. The second-order valence-electron chi connectivity index (χ2n) is 9.72. The first-order chi connectivity index (χ1) is 18.3. The van der Waals surface area contributed by atoms with Crippen LogP contribution in [0.4, 0.5) is 4.39 Å². The number of halogens is 1. The molecule has 5 rings (SSSR count). The Labute approximate surface area is 221 Å². The Morgan fingerprint density at radius 3 is 2.16 bits per heavy atom. The van der Waals surface area contributed by atoms with Gasteiger partial charge in [-0.25, -0.2) is 9.18 Å². The molecule has 1 spiro atoms. The van der Waals surface area contributed by atoms with Crippen LogP contribution in [0.25, 0.3) is 11.1 Å². The lowest BCUT2D eigenvalue weighted by atomic mass is 9.85. The molecule has 1 unspecified atom stereocenters. The Morgan fingerprint density at radius 2 is 1.61 bits per heavy atom. The number of hydrogen-bond donors (Lipinski definition) is 1. The SMILES string of the molecule is CCOc1cc(C(C)N2CC3(CC(c4ccc(C(=O)O)cc4)=NO3)C2)cc(OCC)c1-c1ccc(F)cc1. The molecule has 0 radical (unpaired) electrons. The summed E-state index contributed by atoms with van der Waals surface area (Å²) in [5, 5.41) is 13.5. The third-order valence-electron chi connectivity index (χ3n) is 7.14. The zero-order chi connectivity index (χ0) is 26.9. The molecule has 38 heavy (non-hydrogen) atoms. The van der Waals surface area contributed by atoms with Crippen LogP contribution in [-0.4, -0.2) is 53.6 Å². The fourth-order valence-electron chi connectivity index (χ4n) is 5.12. The lowest BCUT2D eigenvalue weighted by molar-refractivity contribution is -0.138. The Hall–Kier alpha value is -3.91. The first-order valence-electron chi connectivity index (χ1n) is 12.8. The fraction of sp³-hybridized carbons (Fsp3) is 0.333. The van der Waals surface area contributed by atoms with Gasteiger partial charge >= 0.3 is 5.97 Å². The fourth-order valence-corrected chi connectivity index (χ4v) is 5.12. The topological polar surface area (TPSA) is 80.6 Å². The van der Waals surface area contributed by atoms with E-state index in [1.54, 1.807) is 36.4 Å². The molecule has 0 aliphatic carbocycles. The number of carboxylic acids is 1. The molecule has 0 bridgehead atoms. The van der Waals surface area contributed by atoms with Gasteiger partial charge in [-0.15, -0.1) is 0 Å². The lowest BCUT2D eigenvalue weighted by Crippen LogP contribution is -2.62. The van der Waals surface area contributed by atoms with Crippen LogP contribution in [-0.2, 0) is 4.84 Å². The maximum Gasteiger partial charge on any atom is 0.335 e. The maximum atomic E-state index is 13.6. The second-order valence-corrected chi connectivity index (χ2v) is 9.72. The minimum atomic E-state index is -0.952. The minimum Gasteiger partial charge on any atom is -0.493 e. The number of nitrogens with zero attached hydrogens (tertiary/aromatic N) is 2. The molecule has 0 aromatic heterocycles. The van der Waals surface area contributed by atoms with Crippen molar-refractivity contribution in [2.45, 2.75) is 38.8 Å². The highest BCUT2D eigenvalue weighted by Crippen LogP contribution is 2.45. The van der Waals surface area contributed by atoms with Gasteiger partial charge in [0.15, 0.2) is 5.60 Å². The average molecular weight is 519 g/mol. The molecule has 2 heterocycles. The van der Waals surface area contributed by atoms with Gasteiger partial charge in [0, 0.05) is 25.6 Å². The zero-order valence-corrected chi connectivity index (χ0v) is 21.7. The molecule has 1 atom stereocenters. The first-order valence-corrected chi connectivity index (χ1v) is 12.8. The largest absolute Gasteiger partial charge is 0.493 e. The van der Waals surface area contributed by atoms with Gasteiger partial charge in [0.1, 0.15) is 17.3 Å². The Bertz CT molecular complexity index is 1320. The van der Waals surface area contributed by atoms with Crippen molar-refractivity contribution in [1.82, 2.24) is 4.90 Å². The van der Waals surface area contributed by atoms with Crippen LogP contribution in [0.1, 0.15) is 54.7 Å². The highest BCUT2D eigenvalue weighted by atomic mass is 19.1. The van der Waals surface area contributed by atoms with Crippen LogP contribution < -0.4 is 9.47 Å². The van der Waals surface area contributed by atoms with Gasteiger partial charge in [0.05, 0.1) is 30.1 Å². The van der Waals surface area contributed by atoms with Crippen molar-refractivity contribution in [2.24, 2.45) is 5.16 Å². The lowest BCUT2D eigenvalue weighted by Gasteiger charge is -2.48. The van der Waals surface area contributed by atoms with Crippen molar-refractivity contribution in [3.8, 4) is 22.6 Å². The van der Waals surface area contributed by atoms with Crippen LogP contribution in [0.3, 0.4) is 0 Å². The van der Waals surface area contributed by atoms with Gasteiger partial charge in [-0.2, -0.15) is 0 Å². The van der Waals surface area contributed by atoms with Gasteiger partial charge in [0.2, 0.25) is 0 Å². The van der Waals surface area contributed by atoms with E-state index in [1.807, 2.05) is 26.0 Å². The monoisotopic (exact) mass is 518 g/mol. The van der Waals surface area contributed by atoms with Crippen molar-refractivity contribution in [3.63, 3.8) is 0 Å². The van der Waals surface area contributed by atoms with Crippen LogP contribution in [0.2, 0.25) is 0 Å². The number of hydrogen-bond acceptors (Lipinski definition) is 6. The van der Waals surface area contributed by atoms with E-state index in [2.05, 4.69) is 17.0 Å². The summed E-state index contributed by atoms with van der Waals surface area (Å²) in [7, 11) is 0. The van der Waals surface area contributed by atoms with Crippen molar-refractivity contribution in [1.29, 1.82) is 0 Å². The number of carboxylic acid groups (broad SMARTS) is 1. The van der Waals surface area contributed by atoms with E-state index >= 15 is 0 Å².